The number of aromatic nitrogens is 5. The Morgan fingerprint density at radius 1 is 0.969 bits per heavy atom. The maximum absolute atomic E-state index is 6.13. The number of halogens is 2. The van der Waals surface area contributed by atoms with Crippen molar-refractivity contribution in [2.75, 3.05) is 37.6 Å². The molecule has 0 radical (unpaired) electrons. The van der Waals surface area contributed by atoms with Crippen molar-refractivity contribution in [2.45, 2.75) is 13.0 Å². The van der Waals surface area contributed by atoms with E-state index in [4.69, 9.17) is 11.6 Å². The van der Waals surface area contributed by atoms with Crippen LogP contribution < -0.4 is 4.90 Å². The number of hydrogen-bond acceptors (Lipinski definition) is 6. The molecule has 0 amide bonds. The molecular formula is C23H23BrClN7. The van der Waals surface area contributed by atoms with Gasteiger partial charge in [0.25, 0.3) is 0 Å². The Labute approximate surface area is 200 Å². The van der Waals surface area contributed by atoms with Gasteiger partial charge in [0.2, 0.25) is 5.82 Å². The van der Waals surface area contributed by atoms with E-state index in [1.165, 1.54) is 5.69 Å². The second-order valence-electron chi connectivity index (χ2n) is 7.89. The highest BCUT2D eigenvalue weighted by Crippen LogP contribution is 2.28. The van der Waals surface area contributed by atoms with Gasteiger partial charge in [0, 0.05) is 65.1 Å². The van der Waals surface area contributed by atoms with E-state index in [9.17, 15) is 0 Å². The molecule has 1 aliphatic heterocycles. The van der Waals surface area contributed by atoms with Crippen molar-refractivity contribution in [1.29, 1.82) is 0 Å². The monoisotopic (exact) mass is 511 g/mol. The third kappa shape index (κ3) is 4.77. The SMILES string of the molecule is Clc1ccc2c(N3CCN(CCCn4nnc(-c5cccc(Br)c5)n4)CC3)ccnc2c1. The number of anilines is 1. The van der Waals surface area contributed by atoms with Crippen molar-refractivity contribution in [2.24, 2.45) is 0 Å². The maximum atomic E-state index is 6.13. The molecule has 0 unspecified atom stereocenters. The van der Waals surface area contributed by atoms with E-state index in [0.717, 1.165) is 71.7 Å². The zero-order valence-electron chi connectivity index (χ0n) is 17.5. The lowest BCUT2D eigenvalue weighted by molar-refractivity contribution is 0.247. The molecule has 0 aliphatic carbocycles. The summed E-state index contributed by atoms with van der Waals surface area (Å²) in [5.41, 5.74) is 3.14. The second kappa shape index (κ2) is 9.52. The lowest BCUT2D eigenvalue weighted by Crippen LogP contribution is -2.46. The number of aryl methyl sites for hydroxylation is 1. The first-order valence-corrected chi connectivity index (χ1v) is 11.9. The molecule has 0 N–H and O–H groups in total. The van der Waals surface area contributed by atoms with E-state index in [-0.39, 0.29) is 0 Å². The van der Waals surface area contributed by atoms with Crippen LogP contribution in [0.5, 0.6) is 0 Å². The van der Waals surface area contributed by atoms with Crippen LogP contribution in [0.1, 0.15) is 6.42 Å². The van der Waals surface area contributed by atoms with Crippen molar-refractivity contribution >= 4 is 44.1 Å². The van der Waals surface area contributed by atoms with E-state index >= 15 is 0 Å². The molecule has 1 fully saturated rings. The number of hydrogen-bond donors (Lipinski definition) is 0. The Balaban J connectivity index is 1.13. The average molecular weight is 513 g/mol. The summed E-state index contributed by atoms with van der Waals surface area (Å²) in [6, 6.07) is 16.0. The summed E-state index contributed by atoms with van der Waals surface area (Å²) in [7, 11) is 0. The van der Waals surface area contributed by atoms with Crippen LogP contribution in [0.4, 0.5) is 5.69 Å². The molecule has 164 valence electrons. The largest absolute Gasteiger partial charge is 0.368 e. The van der Waals surface area contributed by atoms with Crippen molar-refractivity contribution in [3.63, 3.8) is 0 Å². The number of nitrogens with zero attached hydrogens (tertiary/aromatic N) is 7. The Hall–Kier alpha value is -2.55. The summed E-state index contributed by atoms with van der Waals surface area (Å²) < 4.78 is 1.01. The Morgan fingerprint density at radius 3 is 2.69 bits per heavy atom. The number of benzene rings is 2. The Morgan fingerprint density at radius 2 is 1.84 bits per heavy atom. The van der Waals surface area contributed by atoms with Crippen LogP contribution in [0, 0.1) is 0 Å². The van der Waals surface area contributed by atoms with Crippen LogP contribution in [0.25, 0.3) is 22.3 Å². The second-order valence-corrected chi connectivity index (χ2v) is 9.25. The van der Waals surface area contributed by atoms with E-state index in [1.54, 1.807) is 4.80 Å². The van der Waals surface area contributed by atoms with Gasteiger partial charge in [-0.05, 0) is 48.0 Å². The quantitative estimate of drug-likeness (QED) is 0.379. The molecule has 0 atom stereocenters. The smallest absolute Gasteiger partial charge is 0.204 e. The lowest BCUT2D eigenvalue weighted by Gasteiger charge is -2.36. The Bertz CT molecular complexity index is 1220. The minimum atomic E-state index is 0.658. The number of pyridine rings is 1. The van der Waals surface area contributed by atoms with Crippen LogP contribution in [0.15, 0.2) is 59.2 Å². The summed E-state index contributed by atoms with van der Waals surface area (Å²) in [6.07, 6.45) is 2.86. The summed E-state index contributed by atoms with van der Waals surface area (Å²) in [5.74, 6) is 0.658. The topological polar surface area (TPSA) is 63.0 Å². The molecular weight excluding hydrogens is 490 g/mol. The highest BCUT2D eigenvalue weighted by molar-refractivity contribution is 9.10. The lowest BCUT2D eigenvalue weighted by atomic mass is 10.1. The van der Waals surface area contributed by atoms with E-state index in [2.05, 4.69) is 58.3 Å². The summed E-state index contributed by atoms with van der Waals surface area (Å²) >= 11 is 9.62. The molecule has 0 saturated carbocycles. The van der Waals surface area contributed by atoms with E-state index in [1.807, 2.05) is 42.6 Å². The molecule has 3 heterocycles. The molecule has 2 aromatic carbocycles. The van der Waals surface area contributed by atoms with Gasteiger partial charge in [0.1, 0.15) is 0 Å². The first-order chi connectivity index (χ1) is 15.7. The fraction of sp³-hybridized carbons (Fsp3) is 0.304. The molecule has 1 aliphatic rings. The predicted octanol–water partition coefficient (Wildman–Crippen LogP) is 4.52. The summed E-state index contributed by atoms with van der Waals surface area (Å²) in [4.78, 5) is 11.1. The third-order valence-electron chi connectivity index (χ3n) is 5.76. The number of rotatable bonds is 6. The van der Waals surface area contributed by atoms with Gasteiger partial charge in [-0.2, -0.15) is 4.80 Å². The highest BCUT2D eigenvalue weighted by Gasteiger charge is 2.19. The first kappa shape index (κ1) is 21.3. The number of piperazine rings is 1. The van der Waals surface area contributed by atoms with E-state index in [0.29, 0.717) is 5.82 Å². The molecule has 2 aromatic heterocycles. The third-order valence-corrected chi connectivity index (χ3v) is 6.49. The van der Waals surface area contributed by atoms with Crippen molar-refractivity contribution in [3.8, 4) is 11.4 Å². The van der Waals surface area contributed by atoms with Crippen LogP contribution in [-0.4, -0.2) is 62.8 Å². The molecule has 7 nitrogen and oxygen atoms in total. The zero-order valence-corrected chi connectivity index (χ0v) is 19.9. The molecule has 5 rings (SSSR count). The summed E-state index contributed by atoms with van der Waals surface area (Å²) in [6.45, 7) is 5.84. The molecule has 0 bridgehead atoms. The van der Waals surface area contributed by atoms with Gasteiger partial charge < -0.3 is 4.90 Å². The van der Waals surface area contributed by atoms with Crippen molar-refractivity contribution < 1.29 is 0 Å². The van der Waals surface area contributed by atoms with Crippen molar-refractivity contribution in [1.82, 2.24) is 30.1 Å². The van der Waals surface area contributed by atoms with Gasteiger partial charge in [-0.3, -0.25) is 9.88 Å². The van der Waals surface area contributed by atoms with Crippen LogP contribution in [0.3, 0.4) is 0 Å². The maximum Gasteiger partial charge on any atom is 0.204 e. The number of fused-ring (bicyclic) bond motifs is 1. The molecule has 32 heavy (non-hydrogen) atoms. The van der Waals surface area contributed by atoms with Crippen LogP contribution in [0.2, 0.25) is 5.02 Å². The van der Waals surface area contributed by atoms with Gasteiger partial charge in [-0.25, -0.2) is 0 Å². The standard InChI is InChI=1S/C23H23BrClN7/c24-18-4-1-3-17(15-18)23-27-29-32(28-23)10-2-9-30-11-13-31(14-12-30)22-7-8-26-21-16-19(25)5-6-20(21)22/h1,3-8,15-16H,2,9-14H2. The minimum absolute atomic E-state index is 0.658. The zero-order chi connectivity index (χ0) is 21.9. The molecule has 4 aromatic rings. The number of tetrazole rings is 1. The highest BCUT2D eigenvalue weighted by atomic mass is 79.9. The van der Waals surface area contributed by atoms with Gasteiger partial charge in [0.15, 0.2) is 0 Å². The molecule has 9 heteroatoms. The van der Waals surface area contributed by atoms with Gasteiger partial charge in [-0.15, -0.1) is 10.2 Å². The van der Waals surface area contributed by atoms with Crippen LogP contribution in [-0.2, 0) is 6.54 Å². The van der Waals surface area contributed by atoms with Crippen molar-refractivity contribution in [3.05, 3.63) is 64.2 Å². The first-order valence-electron chi connectivity index (χ1n) is 10.7. The molecule has 1 saturated heterocycles. The fourth-order valence-corrected chi connectivity index (χ4v) is 4.68. The normalized spacial score (nSPS) is 14.9. The predicted molar refractivity (Wildman–Crippen MR) is 131 cm³/mol. The minimum Gasteiger partial charge on any atom is -0.368 e. The Kier molecular flexibility index (Phi) is 6.34. The van der Waals surface area contributed by atoms with Gasteiger partial charge in [-0.1, -0.05) is 39.7 Å². The van der Waals surface area contributed by atoms with Gasteiger partial charge >= 0.3 is 0 Å². The average Bonchev–Trinajstić information content (AvgIpc) is 3.28. The summed E-state index contributed by atoms with van der Waals surface area (Å²) in [5, 5.41) is 14.8. The van der Waals surface area contributed by atoms with Crippen LogP contribution >= 0.6 is 27.5 Å². The molecule has 0 spiro atoms. The fourth-order valence-electron chi connectivity index (χ4n) is 4.11. The van der Waals surface area contributed by atoms with Gasteiger partial charge in [0.05, 0.1) is 12.1 Å². The van der Waals surface area contributed by atoms with E-state index < -0.39 is 0 Å².